The number of halogens is 1. The molecule has 8 nitrogen and oxygen atoms in total. The molecule has 3 rings (SSSR count). The van der Waals surface area contributed by atoms with Gasteiger partial charge in [0.1, 0.15) is 0 Å². The minimum atomic E-state index is -0.508. The zero-order valence-corrected chi connectivity index (χ0v) is 16.6. The highest BCUT2D eigenvalue weighted by atomic mass is 35.5. The van der Waals surface area contributed by atoms with Crippen molar-refractivity contribution in [2.24, 2.45) is 7.05 Å². The second-order valence-corrected chi connectivity index (χ2v) is 7.67. The van der Waals surface area contributed by atoms with Crippen LogP contribution in [0.3, 0.4) is 0 Å². The van der Waals surface area contributed by atoms with E-state index in [9.17, 15) is 14.9 Å². The maximum absolute atomic E-state index is 12.4. The Labute approximate surface area is 170 Å². The van der Waals surface area contributed by atoms with Gasteiger partial charge in [0.05, 0.1) is 10.2 Å². The summed E-state index contributed by atoms with van der Waals surface area (Å²) in [6.45, 7) is 1.73. The van der Waals surface area contributed by atoms with Gasteiger partial charge in [-0.05, 0) is 37.3 Å². The summed E-state index contributed by atoms with van der Waals surface area (Å²) in [6.07, 6.45) is 0. The molecule has 144 valence electrons. The average Bonchev–Trinajstić information content (AvgIpc) is 3.03. The number of thioether (sulfide) groups is 1. The van der Waals surface area contributed by atoms with E-state index >= 15 is 0 Å². The standard InChI is InChI=1S/C18H16ClN5O3S/c1-11(17(25)20-14-4-3-5-15(10-14)24(26)27)28-18-22-21-16(23(18)2)12-6-8-13(19)9-7-12/h3-11H,1-2H3,(H,20,25). The third-order valence-electron chi connectivity index (χ3n) is 3.91. The molecule has 1 aromatic heterocycles. The lowest BCUT2D eigenvalue weighted by atomic mass is 10.2. The topological polar surface area (TPSA) is 103 Å². The third-order valence-corrected chi connectivity index (χ3v) is 5.30. The zero-order valence-electron chi connectivity index (χ0n) is 15.0. The van der Waals surface area contributed by atoms with Gasteiger partial charge >= 0.3 is 0 Å². The quantitative estimate of drug-likeness (QED) is 0.367. The molecule has 0 fully saturated rings. The molecule has 3 aromatic rings. The molecule has 0 saturated heterocycles. The van der Waals surface area contributed by atoms with E-state index in [0.717, 1.165) is 5.56 Å². The van der Waals surface area contributed by atoms with Crippen molar-refractivity contribution in [1.29, 1.82) is 0 Å². The van der Waals surface area contributed by atoms with Gasteiger partial charge in [-0.2, -0.15) is 0 Å². The first-order valence-electron chi connectivity index (χ1n) is 8.22. The number of rotatable bonds is 6. The molecule has 0 bridgehead atoms. The summed E-state index contributed by atoms with van der Waals surface area (Å²) in [5.41, 5.74) is 1.14. The molecule has 28 heavy (non-hydrogen) atoms. The predicted octanol–water partition coefficient (Wildman–Crippen LogP) is 4.16. The Kier molecular flexibility index (Phi) is 5.96. The molecule has 10 heteroatoms. The summed E-state index contributed by atoms with van der Waals surface area (Å²) >= 11 is 7.16. The summed E-state index contributed by atoms with van der Waals surface area (Å²) in [6, 6.07) is 13.0. The minimum Gasteiger partial charge on any atom is -0.325 e. The second kappa shape index (κ2) is 8.41. The number of aromatic nitrogens is 3. The van der Waals surface area contributed by atoms with Crippen LogP contribution >= 0.6 is 23.4 Å². The monoisotopic (exact) mass is 417 g/mol. The van der Waals surface area contributed by atoms with E-state index in [1.165, 1.54) is 30.0 Å². The van der Waals surface area contributed by atoms with E-state index in [1.54, 1.807) is 29.7 Å². The molecule has 0 aliphatic carbocycles. The number of anilines is 1. The lowest BCUT2D eigenvalue weighted by Crippen LogP contribution is -2.22. The van der Waals surface area contributed by atoms with Crippen molar-refractivity contribution < 1.29 is 9.72 Å². The number of nitro groups is 1. The minimum absolute atomic E-state index is 0.0842. The number of amides is 1. The molecular weight excluding hydrogens is 402 g/mol. The van der Waals surface area contributed by atoms with Crippen molar-refractivity contribution in [2.45, 2.75) is 17.3 Å². The number of nitrogens with zero attached hydrogens (tertiary/aromatic N) is 4. The first kappa shape index (κ1) is 19.8. The fourth-order valence-corrected chi connectivity index (χ4v) is 3.36. The van der Waals surface area contributed by atoms with Gasteiger partial charge in [-0.1, -0.05) is 29.4 Å². The van der Waals surface area contributed by atoms with Crippen molar-refractivity contribution in [2.75, 3.05) is 5.32 Å². The van der Waals surface area contributed by atoms with Crippen molar-refractivity contribution in [3.8, 4) is 11.4 Å². The highest BCUT2D eigenvalue weighted by Gasteiger charge is 2.20. The van der Waals surface area contributed by atoms with Gasteiger partial charge in [0.15, 0.2) is 11.0 Å². The maximum atomic E-state index is 12.4. The van der Waals surface area contributed by atoms with E-state index < -0.39 is 10.2 Å². The molecule has 1 heterocycles. The number of carbonyl (C=O) groups is 1. The Balaban J connectivity index is 1.70. The van der Waals surface area contributed by atoms with Gasteiger partial charge in [-0.15, -0.1) is 10.2 Å². The Morgan fingerprint density at radius 1 is 1.25 bits per heavy atom. The fourth-order valence-electron chi connectivity index (χ4n) is 2.42. The Bertz CT molecular complexity index is 1020. The first-order chi connectivity index (χ1) is 13.3. The van der Waals surface area contributed by atoms with Crippen molar-refractivity contribution in [3.63, 3.8) is 0 Å². The lowest BCUT2D eigenvalue weighted by molar-refractivity contribution is -0.384. The Hall–Kier alpha value is -2.91. The second-order valence-electron chi connectivity index (χ2n) is 5.93. The van der Waals surface area contributed by atoms with Gasteiger partial charge in [-0.3, -0.25) is 14.9 Å². The van der Waals surface area contributed by atoms with Crippen LogP contribution < -0.4 is 5.32 Å². The molecule has 0 aliphatic heterocycles. The number of hydrogen-bond donors (Lipinski definition) is 1. The van der Waals surface area contributed by atoms with Gasteiger partial charge in [0, 0.05) is 35.5 Å². The summed E-state index contributed by atoms with van der Waals surface area (Å²) in [5.74, 6) is 0.368. The van der Waals surface area contributed by atoms with Crippen LogP contribution in [0.4, 0.5) is 11.4 Å². The molecular formula is C18H16ClN5O3S. The molecule has 1 atom stereocenters. The van der Waals surface area contributed by atoms with E-state index in [-0.39, 0.29) is 11.6 Å². The largest absolute Gasteiger partial charge is 0.325 e. The zero-order chi connectivity index (χ0) is 20.3. The SMILES string of the molecule is CC(Sc1nnc(-c2ccc(Cl)cc2)n1C)C(=O)Nc1cccc([N+](=O)[O-])c1. The summed E-state index contributed by atoms with van der Waals surface area (Å²) in [7, 11) is 1.82. The maximum Gasteiger partial charge on any atom is 0.271 e. The van der Waals surface area contributed by atoms with Crippen molar-refractivity contribution >= 4 is 40.6 Å². The van der Waals surface area contributed by atoms with Gasteiger partial charge in [-0.25, -0.2) is 0 Å². The number of nitro benzene ring substituents is 1. The number of hydrogen-bond acceptors (Lipinski definition) is 6. The van der Waals surface area contributed by atoms with Crippen LogP contribution in [-0.2, 0) is 11.8 Å². The molecule has 0 aliphatic rings. The van der Waals surface area contributed by atoms with Crippen LogP contribution in [0.25, 0.3) is 11.4 Å². The molecule has 2 aromatic carbocycles. The molecule has 0 spiro atoms. The van der Waals surface area contributed by atoms with Crippen LogP contribution in [-0.4, -0.2) is 30.8 Å². The van der Waals surface area contributed by atoms with E-state index in [1.807, 2.05) is 19.2 Å². The number of benzene rings is 2. The molecule has 0 radical (unpaired) electrons. The van der Waals surface area contributed by atoms with Gasteiger partial charge < -0.3 is 9.88 Å². The third kappa shape index (κ3) is 4.49. The summed E-state index contributed by atoms with van der Waals surface area (Å²) in [5, 5.41) is 22.6. The molecule has 1 N–H and O–H groups in total. The average molecular weight is 418 g/mol. The highest BCUT2D eigenvalue weighted by Crippen LogP contribution is 2.27. The molecule has 0 saturated carbocycles. The normalized spacial score (nSPS) is 11.8. The van der Waals surface area contributed by atoms with E-state index in [4.69, 9.17) is 11.6 Å². The van der Waals surface area contributed by atoms with Crippen LogP contribution in [0.15, 0.2) is 53.7 Å². The van der Waals surface area contributed by atoms with Crippen LogP contribution in [0.2, 0.25) is 5.02 Å². The highest BCUT2D eigenvalue weighted by molar-refractivity contribution is 8.00. The van der Waals surface area contributed by atoms with Crippen molar-refractivity contribution in [3.05, 3.63) is 63.7 Å². The molecule has 1 amide bonds. The molecule has 1 unspecified atom stereocenters. The van der Waals surface area contributed by atoms with Crippen LogP contribution in [0, 0.1) is 10.1 Å². The summed E-state index contributed by atoms with van der Waals surface area (Å²) < 4.78 is 1.80. The van der Waals surface area contributed by atoms with Gasteiger partial charge in [0.2, 0.25) is 5.91 Å². The van der Waals surface area contributed by atoms with E-state index in [2.05, 4.69) is 15.5 Å². The summed E-state index contributed by atoms with van der Waals surface area (Å²) in [4.78, 5) is 22.8. The predicted molar refractivity (Wildman–Crippen MR) is 108 cm³/mol. The first-order valence-corrected chi connectivity index (χ1v) is 9.48. The fraction of sp³-hybridized carbons (Fsp3) is 0.167. The number of non-ortho nitro benzene ring substituents is 1. The Morgan fingerprint density at radius 2 is 1.96 bits per heavy atom. The van der Waals surface area contributed by atoms with Crippen molar-refractivity contribution in [1.82, 2.24) is 14.8 Å². The van der Waals surface area contributed by atoms with Gasteiger partial charge in [0.25, 0.3) is 5.69 Å². The van der Waals surface area contributed by atoms with Crippen LogP contribution in [0.5, 0.6) is 0 Å². The lowest BCUT2D eigenvalue weighted by Gasteiger charge is -2.11. The smallest absolute Gasteiger partial charge is 0.271 e. The Morgan fingerprint density at radius 3 is 2.64 bits per heavy atom. The van der Waals surface area contributed by atoms with E-state index in [0.29, 0.717) is 21.7 Å². The van der Waals surface area contributed by atoms with Crippen LogP contribution in [0.1, 0.15) is 6.92 Å². The number of carbonyl (C=O) groups excluding carboxylic acids is 1. The number of nitrogens with one attached hydrogen (secondary N) is 1.